The van der Waals surface area contributed by atoms with Gasteiger partial charge < -0.3 is 10.0 Å². The van der Waals surface area contributed by atoms with Crippen molar-refractivity contribution in [1.29, 1.82) is 0 Å². The Bertz CT molecular complexity index is 384. The lowest BCUT2D eigenvalue weighted by molar-refractivity contribution is 0.129. The minimum absolute atomic E-state index is 0.358. The maximum absolute atomic E-state index is 9.45. The van der Waals surface area contributed by atoms with Gasteiger partial charge in [-0.3, -0.25) is 4.90 Å². The number of hydrogen-bond acceptors (Lipinski definition) is 3. The lowest BCUT2D eigenvalue weighted by atomic mass is 10.2. The lowest BCUT2D eigenvalue weighted by Crippen LogP contribution is -2.45. The van der Waals surface area contributed by atoms with Crippen molar-refractivity contribution in [3.63, 3.8) is 0 Å². The van der Waals surface area contributed by atoms with E-state index >= 15 is 0 Å². The molecule has 0 radical (unpaired) electrons. The third kappa shape index (κ3) is 3.86. The van der Waals surface area contributed by atoms with Crippen LogP contribution in [0, 0.1) is 0 Å². The Hall–Kier alpha value is -1.32. The SMILES string of the molecule is C=CCCN1CCN(Cc2cccc(O)c2)CC1. The fourth-order valence-electron chi connectivity index (χ4n) is 2.36. The Labute approximate surface area is 109 Å². The van der Waals surface area contributed by atoms with E-state index < -0.39 is 0 Å². The van der Waals surface area contributed by atoms with E-state index in [1.54, 1.807) is 6.07 Å². The van der Waals surface area contributed by atoms with Crippen molar-refractivity contribution in [1.82, 2.24) is 9.80 Å². The van der Waals surface area contributed by atoms with E-state index in [1.807, 2.05) is 18.2 Å². The van der Waals surface area contributed by atoms with Crippen molar-refractivity contribution in [2.24, 2.45) is 0 Å². The van der Waals surface area contributed by atoms with Gasteiger partial charge in [-0.05, 0) is 24.1 Å². The van der Waals surface area contributed by atoms with Gasteiger partial charge in [-0.15, -0.1) is 6.58 Å². The zero-order valence-corrected chi connectivity index (χ0v) is 10.9. The van der Waals surface area contributed by atoms with Crippen LogP contribution in [0.2, 0.25) is 0 Å². The molecule has 0 amide bonds. The average Bonchev–Trinajstić information content (AvgIpc) is 2.38. The summed E-state index contributed by atoms with van der Waals surface area (Å²) in [4.78, 5) is 4.93. The van der Waals surface area contributed by atoms with Crippen LogP contribution in [0.15, 0.2) is 36.9 Å². The minimum atomic E-state index is 0.358. The molecule has 1 aliphatic rings. The molecule has 1 N–H and O–H groups in total. The number of hydrogen-bond donors (Lipinski definition) is 1. The molecule has 18 heavy (non-hydrogen) atoms. The molecule has 2 rings (SSSR count). The topological polar surface area (TPSA) is 26.7 Å². The van der Waals surface area contributed by atoms with E-state index in [2.05, 4.69) is 22.4 Å². The average molecular weight is 246 g/mol. The van der Waals surface area contributed by atoms with E-state index in [0.717, 1.165) is 45.7 Å². The summed E-state index contributed by atoms with van der Waals surface area (Å²) < 4.78 is 0. The first kappa shape index (κ1) is 13.1. The second kappa shape index (κ2) is 6.57. The summed E-state index contributed by atoms with van der Waals surface area (Å²) in [5.41, 5.74) is 1.19. The van der Waals surface area contributed by atoms with Gasteiger partial charge in [0, 0.05) is 39.3 Å². The van der Waals surface area contributed by atoms with Gasteiger partial charge in [-0.25, -0.2) is 0 Å². The molecule has 0 atom stereocenters. The number of rotatable bonds is 5. The standard InChI is InChI=1S/C15H22N2O/c1-2-3-7-16-8-10-17(11-9-16)13-14-5-4-6-15(18)12-14/h2,4-6,12,18H,1,3,7-11,13H2. The molecule has 0 aromatic heterocycles. The van der Waals surface area contributed by atoms with Gasteiger partial charge in [0.05, 0.1) is 0 Å². The van der Waals surface area contributed by atoms with Crippen LogP contribution in [0.4, 0.5) is 0 Å². The van der Waals surface area contributed by atoms with Gasteiger partial charge in [0.15, 0.2) is 0 Å². The summed E-state index contributed by atoms with van der Waals surface area (Å²) >= 11 is 0. The molecule has 1 aromatic carbocycles. The fraction of sp³-hybridized carbons (Fsp3) is 0.467. The molecular weight excluding hydrogens is 224 g/mol. The highest BCUT2D eigenvalue weighted by atomic mass is 16.3. The monoisotopic (exact) mass is 246 g/mol. The third-order valence-electron chi connectivity index (χ3n) is 3.43. The molecule has 0 saturated carbocycles. The van der Waals surface area contributed by atoms with Gasteiger partial charge in [0.25, 0.3) is 0 Å². The molecular formula is C15H22N2O. The molecule has 0 aliphatic carbocycles. The number of aromatic hydroxyl groups is 1. The predicted octanol–water partition coefficient (Wildman–Crippen LogP) is 2.09. The maximum atomic E-state index is 9.45. The molecule has 0 unspecified atom stereocenters. The minimum Gasteiger partial charge on any atom is -0.508 e. The first-order chi connectivity index (χ1) is 8.78. The van der Waals surface area contributed by atoms with Crippen molar-refractivity contribution in [3.05, 3.63) is 42.5 Å². The summed E-state index contributed by atoms with van der Waals surface area (Å²) in [7, 11) is 0. The first-order valence-electron chi connectivity index (χ1n) is 6.61. The highest BCUT2D eigenvalue weighted by Crippen LogP contribution is 2.14. The fourth-order valence-corrected chi connectivity index (χ4v) is 2.36. The van der Waals surface area contributed by atoms with Crippen LogP contribution in [-0.2, 0) is 6.54 Å². The second-order valence-electron chi connectivity index (χ2n) is 4.87. The molecule has 1 fully saturated rings. The Morgan fingerprint density at radius 3 is 2.56 bits per heavy atom. The number of benzene rings is 1. The molecule has 1 heterocycles. The number of nitrogens with zero attached hydrogens (tertiary/aromatic N) is 2. The highest BCUT2D eigenvalue weighted by molar-refractivity contribution is 5.27. The Kier molecular flexibility index (Phi) is 4.79. The van der Waals surface area contributed by atoms with E-state index in [0.29, 0.717) is 5.75 Å². The van der Waals surface area contributed by atoms with Crippen LogP contribution in [0.5, 0.6) is 5.75 Å². The molecule has 1 aromatic rings. The van der Waals surface area contributed by atoms with Crippen molar-refractivity contribution in [2.45, 2.75) is 13.0 Å². The van der Waals surface area contributed by atoms with Gasteiger partial charge in [0.2, 0.25) is 0 Å². The van der Waals surface area contributed by atoms with Crippen LogP contribution >= 0.6 is 0 Å². The van der Waals surface area contributed by atoms with Crippen molar-refractivity contribution < 1.29 is 5.11 Å². The van der Waals surface area contributed by atoms with Crippen molar-refractivity contribution in [2.75, 3.05) is 32.7 Å². The second-order valence-corrected chi connectivity index (χ2v) is 4.87. The van der Waals surface area contributed by atoms with Gasteiger partial charge in [-0.1, -0.05) is 18.2 Å². The van der Waals surface area contributed by atoms with E-state index in [4.69, 9.17) is 0 Å². The lowest BCUT2D eigenvalue weighted by Gasteiger charge is -2.34. The van der Waals surface area contributed by atoms with E-state index in [-0.39, 0.29) is 0 Å². The number of phenolic OH excluding ortho intramolecular Hbond substituents is 1. The molecule has 98 valence electrons. The summed E-state index contributed by atoms with van der Waals surface area (Å²) in [5.74, 6) is 0.358. The Morgan fingerprint density at radius 1 is 1.17 bits per heavy atom. The van der Waals surface area contributed by atoms with E-state index in [1.165, 1.54) is 5.56 Å². The largest absolute Gasteiger partial charge is 0.508 e. The van der Waals surface area contributed by atoms with Gasteiger partial charge >= 0.3 is 0 Å². The Morgan fingerprint density at radius 2 is 1.89 bits per heavy atom. The maximum Gasteiger partial charge on any atom is 0.115 e. The highest BCUT2D eigenvalue weighted by Gasteiger charge is 2.16. The normalized spacial score (nSPS) is 17.8. The zero-order chi connectivity index (χ0) is 12.8. The van der Waals surface area contributed by atoms with Crippen LogP contribution in [-0.4, -0.2) is 47.6 Å². The van der Waals surface area contributed by atoms with Gasteiger partial charge in [0.1, 0.15) is 5.75 Å². The summed E-state index contributed by atoms with van der Waals surface area (Å²) in [6, 6.07) is 7.55. The molecule has 0 bridgehead atoms. The number of piperazine rings is 1. The van der Waals surface area contributed by atoms with Crippen LogP contribution in [0.3, 0.4) is 0 Å². The van der Waals surface area contributed by atoms with Crippen LogP contribution < -0.4 is 0 Å². The third-order valence-corrected chi connectivity index (χ3v) is 3.43. The smallest absolute Gasteiger partial charge is 0.115 e. The molecule has 3 nitrogen and oxygen atoms in total. The number of phenols is 1. The summed E-state index contributed by atoms with van der Waals surface area (Å²) in [5, 5.41) is 9.45. The molecule has 0 spiro atoms. The summed E-state index contributed by atoms with van der Waals surface area (Å²) in [6.07, 6.45) is 3.06. The van der Waals surface area contributed by atoms with Crippen LogP contribution in [0.25, 0.3) is 0 Å². The summed E-state index contributed by atoms with van der Waals surface area (Å²) in [6.45, 7) is 10.3. The zero-order valence-electron chi connectivity index (χ0n) is 10.9. The molecule has 1 saturated heterocycles. The van der Waals surface area contributed by atoms with Crippen LogP contribution in [0.1, 0.15) is 12.0 Å². The quantitative estimate of drug-likeness (QED) is 0.806. The Balaban J connectivity index is 1.78. The predicted molar refractivity (Wildman–Crippen MR) is 74.6 cm³/mol. The molecule has 1 aliphatic heterocycles. The van der Waals surface area contributed by atoms with Gasteiger partial charge in [-0.2, -0.15) is 0 Å². The van der Waals surface area contributed by atoms with Crippen molar-refractivity contribution >= 4 is 0 Å². The molecule has 3 heteroatoms. The van der Waals surface area contributed by atoms with Crippen molar-refractivity contribution in [3.8, 4) is 5.75 Å². The first-order valence-corrected chi connectivity index (χ1v) is 6.61. The van der Waals surface area contributed by atoms with E-state index in [9.17, 15) is 5.11 Å².